The number of methoxy groups -OCH3 is 1. The van der Waals surface area contributed by atoms with E-state index in [1.165, 1.54) is 4.90 Å². The molecule has 1 rings (SSSR count). The second-order valence-corrected chi connectivity index (χ2v) is 4.49. The van der Waals surface area contributed by atoms with E-state index in [2.05, 4.69) is 10.6 Å². The van der Waals surface area contributed by atoms with Crippen LogP contribution in [-0.2, 0) is 9.59 Å². The molecule has 2 N–H and O–H groups in total. The van der Waals surface area contributed by atoms with Crippen LogP contribution in [0.3, 0.4) is 0 Å². The van der Waals surface area contributed by atoms with Crippen molar-refractivity contribution in [2.75, 3.05) is 39.6 Å². The van der Waals surface area contributed by atoms with Crippen LogP contribution in [0.2, 0.25) is 0 Å². The quantitative estimate of drug-likeness (QED) is 0.721. The summed E-state index contributed by atoms with van der Waals surface area (Å²) in [6.07, 6.45) is 0.378. The molecular weight excluding hydrogens is 258 g/mol. The molecule has 110 valence electrons. The molecule has 0 bridgehead atoms. The van der Waals surface area contributed by atoms with E-state index >= 15 is 0 Å². The molecule has 0 aliphatic rings. The minimum absolute atomic E-state index is 0.0352. The Morgan fingerprint density at radius 2 is 1.85 bits per heavy atom. The van der Waals surface area contributed by atoms with Crippen molar-refractivity contribution in [3.8, 4) is 5.75 Å². The van der Waals surface area contributed by atoms with Gasteiger partial charge in [-0.3, -0.25) is 9.59 Å². The molecule has 6 heteroatoms. The molecule has 1 aromatic rings. The summed E-state index contributed by atoms with van der Waals surface area (Å²) in [6, 6.07) is 7.09. The van der Waals surface area contributed by atoms with E-state index in [9.17, 15) is 9.59 Å². The molecule has 0 atom stereocenters. The molecule has 0 aliphatic carbocycles. The van der Waals surface area contributed by atoms with Gasteiger partial charge in [0.25, 0.3) is 0 Å². The Bertz CT molecular complexity index is 443. The first-order valence-electron chi connectivity index (χ1n) is 6.37. The lowest BCUT2D eigenvalue weighted by atomic mass is 10.3. The molecule has 0 aliphatic heterocycles. The third-order valence-corrected chi connectivity index (χ3v) is 2.67. The zero-order chi connectivity index (χ0) is 15.0. The average Bonchev–Trinajstić information content (AvgIpc) is 2.44. The van der Waals surface area contributed by atoms with Crippen molar-refractivity contribution >= 4 is 17.5 Å². The van der Waals surface area contributed by atoms with Crippen LogP contribution >= 0.6 is 0 Å². The molecule has 20 heavy (non-hydrogen) atoms. The molecule has 0 fully saturated rings. The Kier molecular flexibility index (Phi) is 6.52. The van der Waals surface area contributed by atoms with Gasteiger partial charge in [0.2, 0.25) is 11.8 Å². The predicted octanol–water partition coefficient (Wildman–Crippen LogP) is 0.702. The Morgan fingerprint density at radius 1 is 1.20 bits per heavy atom. The maximum Gasteiger partial charge on any atom is 0.238 e. The van der Waals surface area contributed by atoms with Gasteiger partial charge in [-0.25, -0.2) is 0 Å². The first-order chi connectivity index (χ1) is 9.52. The predicted molar refractivity (Wildman–Crippen MR) is 77.8 cm³/mol. The molecule has 0 spiro atoms. The maximum absolute atomic E-state index is 11.6. The fourth-order valence-corrected chi connectivity index (χ4v) is 1.50. The van der Waals surface area contributed by atoms with Crippen molar-refractivity contribution < 1.29 is 14.3 Å². The number of hydrogen-bond acceptors (Lipinski definition) is 4. The standard InChI is InChI=1S/C14H21N3O3/c1-17(2)14(19)8-9-15-10-13(18)16-11-4-6-12(20-3)7-5-11/h4-7,15H,8-10H2,1-3H3,(H,16,18). The van der Waals surface area contributed by atoms with Crippen LogP contribution in [0.15, 0.2) is 24.3 Å². The topological polar surface area (TPSA) is 70.7 Å². The highest BCUT2D eigenvalue weighted by atomic mass is 16.5. The van der Waals surface area contributed by atoms with Crippen LogP contribution in [0.4, 0.5) is 5.69 Å². The molecule has 1 aromatic carbocycles. The molecule has 6 nitrogen and oxygen atoms in total. The van der Waals surface area contributed by atoms with E-state index in [1.54, 1.807) is 45.5 Å². The van der Waals surface area contributed by atoms with Crippen molar-refractivity contribution in [2.45, 2.75) is 6.42 Å². The van der Waals surface area contributed by atoms with Gasteiger partial charge in [0, 0.05) is 32.7 Å². The van der Waals surface area contributed by atoms with Crippen molar-refractivity contribution in [3.05, 3.63) is 24.3 Å². The minimum atomic E-state index is -0.146. The molecule has 0 radical (unpaired) electrons. The Balaban J connectivity index is 2.24. The van der Waals surface area contributed by atoms with E-state index < -0.39 is 0 Å². The van der Waals surface area contributed by atoms with E-state index in [0.717, 1.165) is 5.75 Å². The number of anilines is 1. The number of hydrogen-bond donors (Lipinski definition) is 2. The van der Waals surface area contributed by atoms with E-state index in [4.69, 9.17) is 4.74 Å². The Morgan fingerprint density at radius 3 is 2.40 bits per heavy atom. The molecule has 0 saturated carbocycles. The van der Waals surface area contributed by atoms with Crippen molar-refractivity contribution in [1.82, 2.24) is 10.2 Å². The number of rotatable bonds is 7. The van der Waals surface area contributed by atoms with E-state index in [-0.39, 0.29) is 18.4 Å². The van der Waals surface area contributed by atoms with Gasteiger partial charge in [-0.05, 0) is 24.3 Å². The lowest BCUT2D eigenvalue weighted by Gasteiger charge is -2.10. The molecule has 2 amide bonds. The van der Waals surface area contributed by atoms with Crippen molar-refractivity contribution in [2.24, 2.45) is 0 Å². The largest absolute Gasteiger partial charge is 0.497 e. The van der Waals surface area contributed by atoms with E-state index in [1.807, 2.05) is 0 Å². The molecule has 0 aromatic heterocycles. The van der Waals surface area contributed by atoms with Crippen LogP contribution in [0, 0.1) is 0 Å². The van der Waals surface area contributed by atoms with Gasteiger partial charge >= 0.3 is 0 Å². The van der Waals surface area contributed by atoms with Gasteiger partial charge in [-0.15, -0.1) is 0 Å². The van der Waals surface area contributed by atoms with Gasteiger partial charge in [0.15, 0.2) is 0 Å². The molecule has 0 heterocycles. The fourth-order valence-electron chi connectivity index (χ4n) is 1.50. The summed E-state index contributed by atoms with van der Waals surface area (Å²) in [6.45, 7) is 0.653. The van der Waals surface area contributed by atoms with Gasteiger partial charge in [-0.1, -0.05) is 0 Å². The monoisotopic (exact) mass is 279 g/mol. The first kappa shape index (κ1) is 16.0. The summed E-state index contributed by atoms with van der Waals surface area (Å²) in [5.41, 5.74) is 0.710. The van der Waals surface area contributed by atoms with Crippen LogP contribution in [0.5, 0.6) is 5.75 Å². The number of nitrogens with zero attached hydrogens (tertiary/aromatic N) is 1. The van der Waals surface area contributed by atoms with Crippen LogP contribution in [-0.4, -0.2) is 51.0 Å². The minimum Gasteiger partial charge on any atom is -0.497 e. The number of amides is 2. The number of carbonyl (C=O) groups excluding carboxylic acids is 2. The second kappa shape index (κ2) is 8.16. The lowest BCUT2D eigenvalue weighted by Crippen LogP contribution is -2.31. The summed E-state index contributed by atoms with van der Waals surface area (Å²) in [7, 11) is 5.00. The van der Waals surface area contributed by atoms with Crippen molar-refractivity contribution in [1.29, 1.82) is 0 Å². The fraction of sp³-hybridized carbons (Fsp3) is 0.429. The summed E-state index contributed by atoms with van der Waals surface area (Å²) < 4.78 is 5.03. The lowest BCUT2D eigenvalue weighted by molar-refractivity contribution is -0.128. The van der Waals surface area contributed by atoms with Crippen LogP contribution < -0.4 is 15.4 Å². The first-order valence-corrected chi connectivity index (χ1v) is 6.37. The number of ether oxygens (including phenoxy) is 1. The molecule has 0 saturated heterocycles. The SMILES string of the molecule is COc1ccc(NC(=O)CNCCC(=O)N(C)C)cc1. The van der Waals surface area contributed by atoms with E-state index in [0.29, 0.717) is 18.7 Å². The number of benzene rings is 1. The van der Waals surface area contributed by atoms with Crippen molar-refractivity contribution in [3.63, 3.8) is 0 Å². The Labute approximate surface area is 119 Å². The highest BCUT2D eigenvalue weighted by Gasteiger charge is 2.05. The second-order valence-electron chi connectivity index (χ2n) is 4.49. The third-order valence-electron chi connectivity index (χ3n) is 2.67. The van der Waals surface area contributed by atoms with Gasteiger partial charge in [-0.2, -0.15) is 0 Å². The number of carbonyl (C=O) groups is 2. The maximum atomic E-state index is 11.6. The molecule has 0 unspecified atom stereocenters. The number of nitrogens with one attached hydrogen (secondary N) is 2. The third kappa shape index (κ3) is 5.71. The van der Waals surface area contributed by atoms with Crippen LogP contribution in [0.1, 0.15) is 6.42 Å². The van der Waals surface area contributed by atoms with Crippen LogP contribution in [0.25, 0.3) is 0 Å². The van der Waals surface area contributed by atoms with Gasteiger partial charge in [0.05, 0.1) is 13.7 Å². The highest BCUT2D eigenvalue weighted by Crippen LogP contribution is 2.14. The molecular formula is C14H21N3O3. The normalized spacial score (nSPS) is 9.95. The average molecular weight is 279 g/mol. The zero-order valence-electron chi connectivity index (χ0n) is 12.1. The summed E-state index contributed by atoms with van der Waals surface area (Å²) >= 11 is 0. The summed E-state index contributed by atoms with van der Waals surface area (Å²) in [4.78, 5) is 24.5. The highest BCUT2D eigenvalue weighted by molar-refractivity contribution is 5.92. The summed E-state index contributed by atoms with van der Waals surface area (Å²) in [5.74, 6) is 0.629. The van der Waals surface area contributed by atoms with Gasteiger partial charge in [0.1, 0.15) is 5.75 Å². The zero-order valence-corrected chi connectivity index (χ0v) is 12.1. The Hall–Kier alpha value is -2.08. The smallest absolute Gasteiger partial charge is 0.238 e. The summed E-state index contributed by atoms with van der Waals surface area (Å²) in [5, 5.41) is 5.68. The van der Waals surface area contributed by atoms with Gasteiger partial charge < -0.3 is 20.3 Å².